The molecule has 4 heterocycles. The van der Waals surface area contributed by atoms with Crippen molar-refractivity contribution in [3.05, 3.63) is 98.7 Å². The van der Waals surface area contributed by atoms with Crippen molar-refractivity contribution in [1.82, 2.24) is 37.8 Å². The molecule has 0 aliphatic heterocycles. The largest absolute Gasteiger partial charge is 0.491 e. The second-order valence-corrected chi connectivity index (χ2v) is 14.5. The van der Waals surface area contributed by atoms with Crippen molar-refractivity contribution in [2.75, 3.05) is 13.2 Å². The fraction of sp³-hybridized carbons (Fsp3) is 0.366. The fourth-order valence-corrected chi connectivity index (χ4v) is 7.13. The number of benzene rings is 2. The van der Waals surface area contributed by atoms with Crippen LogP contribution in [0, 0.1) is 13.8 Å². The summed E-state index contributed by atoms with van der Waals surface area (Å²) in [5, 5.41) is 8.87. The molecule has 0 saturated heterocycles. The van der Waals surface area contributed by atoms with E-state index in [0.29, 0.717) is 93.4 Å². The third kappa shape index (κ3) is 8.16. The Hall–Kier alpha value is -6.82. The van der Waals surface area contributed by atoms with Gasteiger partial charge in [0.25, 0.3) is 11.8 Å². The van der Waals surface area contributed by atoms with Gasteiger partial charge in [-0.15, -0.1) is 0 Å². The maximum atomic E-state index is 13.9. The van der Waals surface area contributed by atoms with Gasteiger partial charge in [0.15, 0.2) is 0 Å². The number of hydrogen-bond donors (Lipinski definition) is 3. The van der Waals surface area contributed by atoms with Gasteiger partial charge in [-0.1, -0.05) is 11.1 Å². The lowest BCUT2D eigenvalue weighted by atomic mass is 10.1. The molecule has 4 amide bonds. The van der Waals surface area contributed by atoms with Gasteiger partial charge in [0.1, 0.15) is 22.7 Å². The number of hydrogen-bond acceptors (Lipinski definition) is 8. The van der Waals surface area contributed by atoms with Gasteiger partial charge >= 0.3 is 0 Å². The van der Waals surface area contributed by atoms with Crippen molar-refractivity contribution in [3.63, 3.8) is 0 Å². The van der Waals surface area contributed by atoms with Gasteiger partial charge in [-0.05, 0) is 97.0 Å². The first-order valence-electron chi connectivity index (χ1n) is 19.4. The van der Waals surface area contributed by atoms with Crippen LogP contribution in [-0.4, -0.2) is 74.6 Å². The quantitative estimate of drug-likeness (QED) is 0.109. The number of ether oxygens (including phenoxy) is 1. The van der Waals surface area contributed by atoms with Gasteiger partial charge in [-0.2, -0.15) is 20.2 Å². The molecule has 0 unspecified atom stereocenters. The molecule has 0 aliphatic carbocycles. The Balaban J connectivity index is 1.55. The van der Waals surface area contributed by atoms with Crippen LogP contribution in [0.1, 0.15) is 87.2 Å². The van der Waals surface area contributed by atoms with Crippen LogP contribution in [0.5, 0.6) is 5.75 Å². The molecule has 18 heteroatoms. The second-order valence-electron chi connectivity index (χ2n) is 14.5. The molecule has 4 aromatic heterocycles. The molecule has 0 bridgehead atoms. The lowest BCUT2D eigenvalue weighted by Crippen LogP contribution is -2.28. The van der Waals surface area contributed by atoms with Crippen LogP contribution in [0.25, 0.3) is 22.1 Å². The monoisotopic (exact) mass is 805 g/mol. The summed E-state index contributed by atoms with van der Waals surface area (Å²) in [6, 6.07) is 11.8. The Labute approximate surface area is 339 Å². The van der Waals surface area contributed by atoms with Crippen LogP contribution in [0.2, 0.25) is 0 Å². The minimum absolute atomic E-state index is 0.226. The molecular formula is C41H51N13O5. The van der Waals surface area contributed by atoms with Gasteiger partial charge in [0, 0.05) is 51.4 Å². The minimum atomic E-state index is -0.642. The molecule has 6 N–H and O–H groups in total. The molecule has 0 atom stereocenters. The maximum Gasteiger partial charge on any atom is 0.298 e. The minimum Gasteiger partial charge on any atom is -0.491 e. The van der Waals surface area contributed by atoms with E-state index in [4.69, 9.17) is 21.9 Å². The normalized spacial score (nSPS) is 12.8. The molecule has 0 aliphatic rings. The fourth-order valence-electron chi connectivity index (χ4n) is 7.13. The van der Waals surface area contributed by atoms with E-state index < -0.39 is 23.6 Å². The van der Waals surface area contributed by atoms with E-state index in [1.807, 2.05) is 50.7 Å². The van der Waals surface area contributed by atoms with Crippen LogP contribution in [0.4, 0.5) is 0 Å². The van der Waals surface area contributed by atoms with Crippen LogP contribution in [-0.2, 0) is 40.3 Å². The van der Waals surface area contributed by atoms with Gasteiger partial charge in [-0.3, -0.25) is 28.5 Å². The second kappa shape index (κ2) is 17.0. The van der Waals surface area contributed by atoms with Crippen molar-refractivity contribution in [2.24, 2.45) is 41.3 Å². The number of nitrogens with two attached hydrogens (primary N) is 3. The predicted molar refractivity (Wildman–Crippen MR) is 221 cm³/mol. The third-order valence-electron chi connectivity index (χ3n) is 10.3. The Morgan fingerprint density at radius 3 is 1.73 bits per heavy atom. The molecular weight excluding hydrogens is 755 g/mol. The van der Waals surface area contributed by atoms with Gasteiger partial charge < -0.3 is 40.2 Å². The van der Waals surface area contributed by atoms with E-state index in [9.17, 15) is 19.2 Å². The van der Waals surface area contributed by atoms with Crippen molar-refractivity contribution in [3.8, 4) is 5.75 Å². The van der Waals surface area contributed by atoms with Crippen molar-refractivity contribution in [1.29, 1.82) is 0 Å². The highest BCUT2D eigenvalue weighted by Crippen LogP contribution is 2.29. The first-order valence-corrected chi connectivity index (χ1v) is 19.4. The van der Waals surface area contributed by atoms with Crippen molar-refractivity contribution in [2.45, 2.75) is 74.1 Å². The number of fused-ring (bicyclic) bond motifs is 2. The van der Waals surface area contributed by atoms with E-state index in [-0.39, 0.29) is 25.3 Å². The summed E-state index contributed by atoms with van der Waals surface area (Å²) in [6.07, 6.45) is 0.558. The standard InChI is InChI=1S/C41H51N13O5/c1-9-53-32(16-25(5)47-53)38(57)45-40-49(7)30-18-27(36(43)55)12-13-29(30)51(40)21-23(3)24(4)22-52-35-31(19-28(37(44)56)20-34(35)59-15-11-14-42)50(8)41(52)46-39(58)33-17-26(6)48-54(33)10-2/h12-13,16-20H,9-11,14-15,21-22,42H2,1-8H3,(H2,43,55)(H2,44,56)/b24-23+,45-40+,46-41+. The van der Waals surface area contributed by atoms with Crippen LogP contribution in [0.15, 0.2) is 63.6 Å². The number of aryl methyl sites for hydroxylation is 6. The van der Waals surface area contributed by atoms with E-state index in [1.54, 1.807) is 75.1 Å². The van der Waals surface area contributed by atoms with Crippen molar-refractivity contribution < 1.29 is 23.9 Å². The zero-order chi connectivity index (χ0) is 42.9. The molecule has 0 fully saturated rings. The SMILES string of the molecule is CCn1nc(C)cc1C(=O)/N=c1\n(C)c2cc(C(N)=O)ccc2n1C/C(C)=C(\C)Cn1/c(=N/C(=O)c2cc(C)nn2CC)n(C)c2cc(C(N)=O)cc(OCCCN)c21. The predicted octanol–water partition coefficient (Wildman–Crippen LogP) is 2.77. The number of aromatic nitrogens is 8. The number of amides is 4. The summed E-state index contributed by atoms with van der Waals surface area (Å²) in [4.78, 5) is 61.7. The van der Waals surface area contributed by atoms with E-state index in [2.05, 4.69) is 20.2 Å². The molecule has 0 spiro atoms. The molecule has 0 saturated carbocycles. The number of nitrogens with zero attached hydrogens (tertiary/aromatic N) is 10. The highest BCUT2D eigenvalue weighted by atomic mass is 16.5. The smallest absolute Gasteiger partial charge is 0.298 e. The van der Waals surface area contributed by atoms with Gasteiger partial charge in [0.2, 0.25) is 23.1 Å². The van der Waals surface area contributed by atoms with Gasteiger partial charge in [0.05, 0.1) is 34.5 Å². The lowest BCUT2D eigenvalue weighted by molar-refractivity contribution is 0.0977. The van der Waals surface area contributed by atoms with E-state index in [1.165, 1.54) is 0 Å². The zero-order valence-corrected chi connectivity index (χ0v) is 34.7. The summed E-state index contributed by atoms with van der Waals surface area (Å²) in [5.41, 5.74) is 24.8. The first-order chi connectivity index (χ1) is 28.1. The molecule has 59 heavy (non-hydrogen) atoms. The number of primary amides is 2. The highest BCUT2D eigenvalue weighted by Gasteiger charge is 2.22. The number of allylic oxidation sites excluding steroid dienone is 2. The average molecular weight is 806 g/mol. The summed E-state index contributed by atoms with van der Waals surface area (Å²) in [5.74, 6) is -1.82. The van der Waals surface area contributed by atoms with Crippen molar-refractivity contribution >= 4 is 45.7 Å². The summed E-state index contributed by atoms with van der Waals surface area (Å²) in [6.45, 7) is 13.5. The molecule has 6 rings (SSSR count). The Morgan fingerprint density at radius 1 is 0.695 bits per heavy atom. The first kappa shape index (κ1) is 41.8. The summed E-state index contributed by atoms with van der Waals surface area (Å²) >= 11 is 0. The Morgan fingerprint density at radius 2 is 1.20 bits per heavy atom. The van der Waals surface area contributed by atoms with Crippen LogP contribution in [0.3, 0.4) is 0 Å². The number of rotatable bonds is 14. The van der Waals surface area contributed by atoms with Gasteiger partial charge in [-0.25, -0.2) is 0 Å². The molecule has 2 aromatic carbocycles. The summed E-state index contributed by atoms with van der Waals surface area (Å²) in [7, 11) is 3.54. The lowest BCUT2D eigenvalue weighted by Gasteiger charge is -2.14. The number of carbonyl (C=O) groups is 4. The number of imidazole rings is 2. The molecule has 6 aromatic rings. The summed E-state index contributed by atoms with van der Waals surface area (Å²) < 4.78 is 16.7. The maximum absolute atomic E-state index is 13.9. The number of carbonyl (C=O) groups excluding carboxylic acids is 4. The highest BCUT2D eigenvalue weighted by molar-refractivity contribution is 5.99. The topological polar surface area (TPSA) is 236 Å². The van der Waals surface area contributed by atoms with Crippen LogP contribution < -0.4 is 33.2 Å². The van der Waals surface area contributed by atoms with E-state index >= 15 is 0 Å². The van der Waals surface area contributed by atoms with Crippen LogP contribution >= 0.6 is 0 Å². The molecule has 18 nitrogen and oxygen atoms in total. The Kier molecular flexibility index (Phi) is 12.0. The molecule has 310 valence electrons. The zero-order valence-electron chi connectivity index (χ0n) is 34.7. The van der Waals surface area contributed by atoms with E-state index in [0.717, 1.165) is 11.1 Å². The average Bonchev–Trinajstić information content (AvgIpc) is 3.93. The third-order valence-corrected chi connectivity index (χ3v) is 10.3. The Bertz CT molecular complexity index is 2840. The molecule has 0 radical (unpaired) electrons.